The van der Waals surface area contributed by atoms with Crippen LogP contribution < -0.4 is 5.32 Å². The van der Waals surface area contributed by atoms with Crippen LogP contribution in [0.25, 0.3) is 0 Å². The molecule has 0 unspecified atom stereocenters. The molecule has 0 aliphatic heterocycles. The number of hydrogen-bond donors (Lipinski definition) is 1. The normalized spacial score (nSPS) is 10.5. The van der Waals surface area contributed by atoms with Gasteiger partial charge in [-0.25, -0.2) is 4.79 Å². The number of anilines is 1. The summed E-state index contributed by atoms with van der Waals surface area (Å²) >= 11 is 0. The molecule has 0 heterocycles. The van der Waals surface area contributed by atoms with Crippen molar-refractivity contribution in [2.45, 2.75) is 27.2 Å². The molecule has 0 bridgehead atoms. The van der Waals surface area contributed by atoms with Crippen LogP contribution in [0.4, 0.5) is 5.69 Å². The molecule has 0 spiro atoms. The number of benzene rings is 2. The molecule has 0 fully saturated rings. The number of aryl methyl sites for hydroxylation is 1. The fraction of sp³-hybridized carbons (Fsp3) is 0.300. The van der Waals surface area contributed by atoms with E-state index in [0.717, 1.165) is 6.42 Å². The molecule has 4 nitrogen and oxygen atoms in total. The van der Waals surface area contributed by atoms with E-state index in [1.807, 2.05) is 38.1 Å². The number of nitrogens with one attached hydrogen (secondary N) is 1. The molecule has 4 heteroatoms. The van der Waals surface area contributed by atoms with Gasteiger partial charge in [-0.3, -0.25) is 4.79 Å². The summed E-state index contributed by atoms with van der Waals surface area (Å²) in [6.07, 6.45) is 0.941. The summed E-state index contributed by atoms with van der Waals surface area (Å²) < 4.78 is 5.18. The largest absolute Gasteiger partial charge is 0.462 e. The van der Waals surface area contributed by atoms with Crippen LogP contribution >= 0.6 is 0 Å². The van der Waals surface area contributed by atoms with Gasteiger partial charge in [-0.1, -0.05) is 32.9 Å². The Kier molecular flexibility index (Phi) is 6.13. The second-order valence-corrected chi connectivity index (χ2v) is 6.07. The first-order valence-corrected chi connectivity index (χ1v) is 8.17. The number of carbonyl (C=O) groups is 2. The Morgan fingerprint density at radius 1 is 0.958 bits per heavy atom. The lowest BCUT2D eigenvalue weighted by Gasteiger charge is -2.09. The van der Waals surface area contributed by atoms with Gasteiger partial charge in [0.25, 0.3) is 5.91 Å². The standard InChI is InChI=1S/C20H23NO3/c1-4-15-5-7-16(8-6-15)19(22)21-18-11-9-17(10-12-18)20(23)24-13-14(2)3/h5-12,14H,4,13H2,1-3H3,(H,21,22). The highest BCUT2D eigenvalue weighted by atomic mass is 16.5. The third-order valence-electron chi connectivity index (χ3n) is 3.55. The van der Waals surface area contributed by atoms with E-state index in [9.17, 15) is 9.59 Å². The van der Waals surface area contributed by atoms with Gasteiger partial charge in [0.1, 0.15) is 0 Å². The van der Waals surface area contributed by atoms with Gasteiger partial charge in [-0.2, -0.15) is 0 Å². The molecule has 0 aromatic heterocycles. The zero-order chi connectivity index (χ0) is 17.5. The average Bonchev–Trinajstić information content (AvgIpc) is 2.60. The Hall–Kier alpha value is -2.62. The minimum Gasteiger partial charge on any atom is -0.462 e. The van der Waals surface area contributed by atoms with Gasteiger partial charge in [0.05, 0.1) is 12.2 Å². The highest BCUT2D eigenvalue weighted by Gasteiger charge is 2.09. The van der Waals surface area contributed by atoms with E-state index < -0.39 is 0 Å². The molecule has 1 N–H and O–H groups in total. The van der Waals surface area contributed by atoms with Gasteiger partial charge in [0.15, 0.2) is 0 Å². The van der Waals surface area contributed by atoms with Gasteiger partial charge in [0, 0.05) is 11.3 Å². The Bertz CT molecular complexity index is 688. The summed E-state index contributed by atoms with van der Waals surface area (Å²) in [6, 6.07) is 14.2. The van der Waals surface area contributed by atoms with Gasteiger partial charge >= 0.3 is 5.97 Å². The molecule has 2 aromatic rings. The van der Waals surface area contributed by atoms with Crippen LogP contribution in [0.1, 0.15) is 47.1 Å². The highest BCUT2D eigenvalue weighted by Crippen LogP contribution is 2.13. The van der Waals surface area contributed by atoms with Gasteiger partial charge < -0.3 is 10.1 Å². The van der Waals surface area contributed by atoms with Crippen molar-refractivity contribution in [1.82, 2.24) is 0 Å². The van der Waals surface area contributed by atoms with Gasteiger partial charge in [-0.15, -0.1) is 0 Å². The highest BCUT2D eigenvalue weighted by molar-refractivity contribution is 6.04. The number of hydrogen-bond acceptors (Lipinski definition) is 3. The number of esters is 1. The quantitative estimate of drug-likeness (QED) is 0.805. The van der Waals surface area contributed by atoms with Crippen molar-refractivity contribution in [3.05, 3.63) is 65.2 Å². The second-order valence-electron chi connectivity index (χ2n) is 6.07. The summed E-state index contributed by atoms with van der Waals surface area (Å²) in [6.45, 7) is 6.44. The third kappa shape index (κ3) is 4.95. The van der Waals surface area contributed by atoms with Crippen LogP contribution in [0.15, 0.2) is 48.5 Å². The van der Waals surface area contributed by atoms with Crippen molar-refractivity contribution >= 4 is 17.6 Å². The van der Waals surface area contributed by atoms with Crippen molar-refractivity contribution in [3.63, 3.8) is 0 Å². The first kappa shape index (κ1) is 17.7. The fourth-order valence-electron chi connectivity index (χ4n) is 2.11. The molecule has 1 amide bonds. The van der Waals surface area contributed by atoms with Crippen LogP contribution in [-0.2, 0) is 11.2 Å². The van der Waals surface area contributed by atoms with Crippen molar-refractivity contribution in [2.24, 2.45) is 5.92 Å². The van der Waals surface area contributed by atoms with E-state index in [0.29, 0.717) is 29.3 Å². The van der Waals surface area contributed by atoms with Crippen molar-refractivity contribution in [1.29, 1.82) is 0 Å². The molecule has 126 valence electrons. The van der Waals surface area contributed by atoms with E-state index in [2.05, 4.69) is 12.2 Å². The van der Waals surface area contributed by atoms with Crippen LogP contribution in [0.2, 0.25) is 0 Å². The molecule has 0 aliphatic rings. The van der Waals surface area contributed by atoms with E-state index >= 15 is 0 Å². The number of ether oxygens (including phenoxy) is 1. The summed E-state index contributed by atoms with van der Waals surface area (Å²) in [5.74, 6) is -0.226. The van der Waals surface area contributed by atoms with Crippen molar-refractivity contribution in [3.8, 4) is 0 Å². The van der Waals surface area contributed by atoms with E-state index in [1.165, 1.54) is 5.56 Å². The molecule has 0 atom stereocenters. The van der Waals surface area contributed by atoms with Crippen molar-refractivity contribution < 1.29 is 14.3 Å². The first-order chi connectivity index (χ1) is 11.5. The Morgan fingerprint density at radius 3 is 2.08 bits per heavy atom. The summed E-state index contributed by atoms with van der Waals surface area (Å²) in [4.78, 5) is 24.1. The second kappa shape index (κ2) is 8.29. The molecular formula is C20H23NO3. The molecule has 0 saturated carbocycles. The Morgan fingerprint density at radius 2 is 1.54 bits per heavy atom. The summed E-state index contributed by atoms with van der Waals surface area (Å²) in [5.41, 5.74) is 2.91. The lowest BCUT2D eigenvalue weighted by molar-refractivity contribution is 0.0459. The molecule has 2 rings (SSSR count). The fourth-order valence-corrected chi connectivity index (χ4v) is 2.11. The average molecular weight is 325 g/mol. The topological polar surface area (TPSA) is 55.4 Å². The van der Waals surface area contributed by atoms with E-state index in [-0.39, 0.29) is 11.9 Å². The van der Waals surface area contributed by atoms with Crippen LogP contribution in [0, 0.1) is 5.92 Å². The first-order valence-electron chi connectivity index (χ1n) is 8.17. The Labute approximate surface area is 142 Å². The molecule has 2 aromatic carbocycles. The zero-order valence-corrected chi connectivity index (χ0v) is 14.3. The summed E-state index contributed by atoms with van der Waals surface area (Å²) in [5, 5.41) is 2.82. The monoisotopic (exact) mass is 325 g/mol. The maximum absolute atomic E-state index is 12.2. The predicted octanol–water partition coefficient (Wildman–Crippen LogP) is 4.31. The predicted molar refractivity (Wildman–Crippen MR) is 95.3 cm³/mol. The lowest BCUT2D eigenvalue weighted by atomic mass is 10.1. The molecular weight excluding hydrogens is 302 g/mol. The Balaban J connectivity index is 1.97. The van der Waals surface area contributed by atoms with Crippen LogP contribution in [-0.4, -0.2) is 18.5 Å². The number of amides is 1. The molecule has 24 heavy (non-hydrogen) atoms. The minimum absolute atomic E-state index is 0.173. The maximum atomic E-state index is 12.2. The smallest absolute Gasteiger partial charge is 0.338 e. The SMILES string of the molecule is CCc1ccc(C(=O)Nc2ccc(C(=O)OCC(C)C)cc2)cc1. The van der Waals surface area contributed by atoms with Crippen LogP contribution in [0.5, 0.6) is 0 Å². The number of carbonyl (C=O) groups excluding carboxylic acids is 2. The number of rotatable bonds is 6. The van der Waals surface area contributed by atoms with Crippen LogP contribution in [0.3, 0.4) is 0 Å². The molecule has 0 radical (unpaired) electrons. The van der Waals surface area contributed by atoms with E-state index in [1.54, 1.807) is 24.3 Å². The van der Waals surface area contributed by atoms with Gasteiger partial charge in [-0.05, 0) is 54.3 Å². The van der Waals surface area contributed by atoms with E-state index in [4.69, 9.17) is 4.74 Å². The minimum atomic E-state index is -0.350. The third-order valence-corrected chi connectivity index (χ3v) is 3.55. The van der Waals surface area contributed by atoms with Gasteiger partial charge in [0.2, 0.25) is 0 Å². The van der Waals surface area contributed by atoms with Crippen molar-refractivity contribution in [2.75, 3.05) is 11.9 Å². The lowest BCUT2D eigenvalue weighted by Crippen LogP contribution is -2.13. The molecule has 0 saturated heterocycles. The molecule has 0 aliphatic carbocycles. The zero-order valence-electron chi connectivity index (χ0n) is 14.3. The maximum Gasteiger partial charge on any atom is 0.338 e. The summed E-state index contributed by atoms with van der Waals surface area (Å²) in [7, 11) is 0.